The summed E-state index contributed by atoms with van der Waals surface area (Å²) in [4.78, 5) is 15.9. The molecular formula is C16H17N3O2. The molecule has 0 aliphatic heterocycles. The zero-order chi connectivity index (χ0) is 15.2. The van der Waals surface area contributed by atoms with Gasteiger partial charge in [0.2, 0.25) is 0 Å². The molecule has 1 heterocycles. The third-order valence-corrected chi connectivity index (χ3v) is 2.99. The van der Waals surface area contributed by atoms with Crippen LogP contribution in [0, 0.1) is 6.92 Å². The molecule has 5 heteroatoms. The summed E-state index contributed by atoms with van der Waals surface area (Å²) in [6, 6.07) is 10.4. The van der Waals surface area contributed by atoms with Crippen molar-refractivity contribution >= 4 is 11.6 Å². The minimum Gasteiger partial charge on any atom is -0.507 e. The van der Waals surface area contributed by atoms with Crippen LogP contribution in [0.1, 0.15) is 35.0 Å². The summed E-state index contributed by atoms with van der Waals surface area (Å²) >= 11 is 0. The third kappa shape index (κ3) is 3.66. The second-order valence-electron chi connectivity index (χ2n) is 4.59. The summed E-state index contributed by atoms with van der Waals surface area (Å²) in [5.74, 6) is -0.234. The van der Waals surface area contributed by atoms with Crippen molar-refractivity contribution in [1.82, 2.24) is 10.4 Å². The van der Waals surface area contributed by atoms with Gasteiger partial charge in [-0.2, -0.15) is 5.10 Å². The van der Waals surface area contributed by atoms with Gasteiger partial charge in [0.1, 0.15) is 11.4 Å². The molecule has 1 aromatic carbocycles. The summed E-state index contributed by atoms with van der Waals surface area (Å²) < 4.78 is 0. The number of hydrazone groups is 1. The second kappa shape index (κ2) is 6.65. The summed E-state index contributed by atoms with van der Waals surface area (Å²) in [6.07, 6.45) is 2.13. The number of carbonyl (C=O) groups excluding carboxylic acids is 1. The lowest BCUT2D eigenvalue weighted by atomic mass is 10.0. The summed E-state index contributed by atoms with van der Waals surface area (Å²) in [5.41, 5.74) is 5.02. The number of aromatic nitrogens is 1. The lowest BCUT2D eigenvalue weighted by Gasteiger charge is -2.08. The lowest BCUT2D eigenvalue weighted by Crippen LogP contribution is -2.21. The predicted molar refractivity (Wildman–Crippen MR) is 81.4 cm³/mol. The minimum absolute atomic E-state index is 0.147. The van der Waals surface area contributed by atoms with Crippen molar-refractivity contribution in [2.75, 3.05) is 0 Å². The van der Waals surface area contributed by atoms with E-state index < -0.39 is 0 Å². The number of amides is 1. The van der Waals surface area contributed by atoms with Gasteiger partial charge in [0.15, 0.2) is 0 Å². The van der Waals surface area contributed by atoms with Crippen LogP contribution in [0.25, 0.3) is 0 Å². The number of pyridine rings is 1. The molecule has 0 bridgehead atoms. The Morgan fingerprint density at radius 3 is 2.81 bits per heavy atom. The molecule has 108 valence electrons. The molecule has 0 aliphatic carbocycles. The molecule has 0 radical (unpaired) electrons. The van der Waals surface area contributed by atoms with E-state index >= 15 is 0 Å². The van der Waals surface area contributed by atoms with Gasteiger partial charge in [-0.25, -0.2) is 5.43 Å². The van der Waals surface area contributed by atoms with E-state index in [9.17, 15) is 9.90 Å². The van der Waals surface area contributed by atoms with Gasteiger partial charge in [-0.1, -0.05) is 24.6 Å². The number of nitrogens with one attached hydrogen (secondary N) is 1. The predicted octanol–water partition coefficient (Wildman–Crippen LogP) is 2.64. The lowest BCUT2D eigenvalue weighted by molar-refractivity contribution is 0.0950. The Morgan fingerprint density at radius 2 is 2.14 bits per heavy atom. The number of carbonyl (C=O) groups is 1. The quantitative estimate of drug-likeness (QED) is 0.669. The average molecular weight is 283 g/mol. The van der Waals surface area contributed by atoms with Crippen LogP contribution in [0.3, 0.4) is 0 Å². The Bertz CT molecular complexity index is 666. The number of phenolic OH excluding ortho intramolecular Hbond substituents is 1. The van der Waals surface area contributed by atoms with Crippen LogP contribution in [0.5, 0.6) is 5.75 Å². The highest BCUT2D eigenvalue weighted by atomic mass is 16.3. The standard InChI is InChI=1S/C16H17N3O2/c1-3-13(12-10-11(2)7-8-15(12)20)18-19-16(21)14-6-4-5-9-17-14/h4-10,20H,3H2,1-2H3,(H,19,21)/b18-13+. The molecule has 0 spiro atoms. The van der Waals surface area contributed by atoms with Gasteiger partial charge in [-0.05, 0) is 37.6 Å². The third-order valence-electron chi connectivity index (χ3n) is 2.99. The Morgan fingerprint density at radius 1 is 1.33 bits per heavy atom. The monoisotopic (exact) mass is 283 g/mol. The Balaban J connectivity index is 2.21. The van der Waals surface area contributed by atoms with Crippen LogP contribution >= 0.6 is 0 Å². The molecule has 0 fully saturated rings. The van der Waals surface area contributed by atoms with Crippen molar-refractivity contribution in [3.8, 4) is 5.75 Å². The van der Waals surface area contributed by atoms with E-state index in [0.717, 1.165) is 5.56 Å². The maximum absolute atomic E-state index is 11.9. The number of nitrogens with zero attached hydrogens (tertiary/aromatic N) is 2. The van der Waals surface area contributed by atoms with Crippen LogP contribution in [-0.4, -0.2) is 21.7 Å². The van der Waals surface area contributed by atoms with Gasteiger partial charge in [-0.3, -0.25) is 9.78 Å². The summed E-state index contributed by atoms with van der Waals surface area (Å²) in [5, 5.41) is 14.0. The smallest absolute Gasteiger partial charge is 0.289 e. The first-order valence-corrected chi connectivity index (χ1v) is 6.69. The molecule has 2 rings (SSSR count). The Labute approximate surface area is 123 Å². The van der Waals surface area contributed by atoms with Crippen molar-refractivity contribution in [3.05, 3.63) is 59.4 Å². The maximum atomic E-state index is 11.9. The van der Waals surface area contributed by atoms with Gasteiger partial charge >= 0.3 is 0 Å². The number of aryl methyl sites for hydroxylation is 1. The van der Waals surface area contributed by atoms with Crippen molar-refractivity contribution in [2.45, 2.75) is 20.3 Å². The van der Waals surface area contributed by atoms with Crippen LogP contribution in [-0.2, 0) is 0 Å². The van der Waals surface area contributed by atoms with E-state index in [1.54, 1.807) is 30.5 Å². The topological polar surface area (TPSA) is 74.6 Å². The van der Waals surface area contributed by atoms with Crippen molar-refractivity contribution < 1.29 is 9.90 Å². The van der Waals surface area contributed by atoms with E-state index in [2.05, 4.69) is 15.5 Å². The number of rotatable bonds is 4. The molecule has 0 saturated carbocycles. The first-order chi connectivity index (χ1) is 10.1. The number of hydrogen-bond donors (Lipinski definition) is 2. The van der Waals surface area contributed by atoms with Gasteiger partial charge in [0.05, 0.1) is 5.71 Å². The van der Waals surface area contributed by atoms with Crippen LogP contribution in [0.15, 0.2) is 47.7 Å². The normalized spacial score (nSPS) is 11.2. The van der Waals surface area contributed by atoms with Crippen molar-refractivity contribution in [2.24, 2.45) is 5.10 Å². The molecule has 1 aromatic heterocycles. The van der Waals surface area contributed by atoms with E-state index in [0.29, 0.717) is 23.4 Å². The molecular weight excluding hydrogens is 266 g/mol. The molecule has 2 N–H and O–H groups in total. The number of benzene rings is 1. The largest absolute Gasteiger partial charge is 0.507 e. The fourth-order valence-electron chi connectivity index (χ4n) is 1.88. The zero-order valence-corrected chi connectivity index (χ0v) is 12.0. The highest BCUT2D eigenvalue weighted by Gasteiger charge is 2.10. The van der Waals surface area contributed by atoms with E-state index in [-0.39, 0.29) is 11.7 Å². The first-order valence-electron chi connectivity index (χ1n) is 6.69. The summed E-state index contributed by atoms with van der Waals surface area (Å²) in [6.45, 7) is 3.84. The molecule has 5 nitrogen and oxygen atoms in total. The molecule has 0 aliphatic rings. The number of phenols is 1. The maximum Gasteiger partial charge on any atom is 0.289 e. The number of aromatic hydroxyl groups is 1. The molecule has 0 unspecified atom stereocenters. The molecule has 21 heavy (non-hydrogen) atoms. The van der Waals surface area contributed by atoms with Crippen LogP contribution in [0.2, 0.25) is 0 Å². The fraction of sp³-hybridized carbons (Fsp3) is 0.188. The Kier molecular flexibility index (Phi) is 4.66. The minimum atomic E-state index is -0.381. The number of hydrogen-bond acceptors (Lipinski definition) is 4. The second-order valence-corrected chi connectivity index (χ2v) is 4.59. The van der Waals surface area contributed by atoms with Gasteiger partial charge in [0.25, 0.3) is 5.91 Å². The van der Waals surface area contributed by atoms with Gasteiger partial charge < -0.3 is 5.11 Å². The molecule has 1 amide bonds. The highest BCUT2D eigenvalue weighted by molar-refractivity contribution is 6.03. The molecule has 0 saturated heterocycles. The van der Waals surface area contributed by atoms with E-state index in [4.69, 9.17) is 0 Å². The zero-order valence-electron chi connectivity index (χ0n) is 12.0. The van der Waals surface area contributed by atoms with Gasteiger partial charge in [0, 0.05) is 11.8 Å². The van der Waals surface area contributed by atoms with Crippen molar-refractivity contribution in [3.63, 3.8) is 0 Å². The van der Waals surface area contributed by atoms with Crippen LogP contribution in [0.4, 0.5) is 0 Å². The van der Waals surface area contributed by atoms with Gasteiger partial charge in [-0.15, -0.1) is 0 Å². The van der Waals surface area contributed by atoms with Crippen molar-refractivity contribution in [1.29, 1.82) is 0 Å². The Hall–Kier alpha value is -2.69. The summed E-state index contributed by atoms with van der Waals surface area (Å²) in [7, 11) is 0. The first kappa shape index (κ1) is 14.7. The molecule has 0 atom stereocenters. The fourth-order valence-corrected chi connectivity index (χ4v) is 1.88. The highest BCUT2D eigenvalue weighted by Crippen LogP contribution is 2.20. The van der Waals surface area contributed by atoms with E-state index in [1.807, 2.05) is 26.0 Å². The van der Waals surface area contributed by atoms with Crippen LogP contribution < -0.4 is 5.43 Å². The average Bonchev–Trinajstić information content (AvgIpc) is 2.51. The molecule has 2 aromatic rings. The van der Waals surface area contributed by atoms with E-state index in [1.165, 1.54) is 0 Å². The SMILES string of the molecule is CC/C(=N\NC(=O)c1ccccn1)c1cc(C)ccc1O.